The highest BCUT2D eigenvalue weighted by Crippen LogP contribution is 2.19. The Kier molecular flexibility index (Phi) is 4.07. The van der Waals surface area contributed by atoms with Crippen molar-refractivity contribution in [1.82, 2.24) is 9.97 Å². The highest BCUT2D eigenvalue weighted by molar-refractivity contribution is 5.85. The maximum Gasteiger partial charge on any atom is 0.376 e. The number of rotatable bonds is 3. The predicted octanol–water partition coefficient (Wildman–Crippen LogP) is 1.59. The zero-order valence-corrected chi connectivity index (χ0v) is 10.3. The lowest BCUT2D eigenvalue weighted by molar-refractivity contribution is 0.0512. The van der Waals surface area contributed by atoms with E-state index in [2.05, 4.69) is 9.97 Å². The van der Waals surface area contributed by atoms with Crippen LogP contribution in [0.4, 0.5) is 10.2 Å². The number of carbonyl (C=O) groups is 1. The lowest BCUT2D eigenvalue weighted by Crippen LogP contribution is -2.35. The second-order valence-corrected chi connectivity index (χ2v) is 4.12. The van der Waals surface area contributed by atoms with Gasteiger partial charge in [-0.2, -0.15) is 0 Å². The van der Waals surface area contributed by atoms with E-state index >= 15 is 0 Å². The number of ether oxygens (including phenoxy) is 1. The zero-order chi connectivity index (χ0) is 13.0. The van der Waals surface area contributed by atoms with E-state index in [9.17, 15) is 9.18 Å². The molecule has 98 valence electrons. The molecular weight excluding hydrogens is 237 g/mol. The summed E-state index contributed by atoms with van der Waals surface area (Å²) < 4.78 is 17.9. The Labute approximate surface area is 105 Å². The second kappa shape index (κ2) is 5.75. The number of esters is 1. The summed E-state index contributed by atoms with van der Waals surface area (Å²) in [5.41, 5.74) is 0. The van der Waals surface area contributed by atoms with Crippen molar-refractivity contribution in [2.24, 2.45) is 0 Å². The van der Waals surface area contributed by atoms with Crippen molar-refractivity contribution in [3.05, 3.63) is 18.1 Å². The first-order valence-electron chi connectivity index (χ1n) is 6.10. The van der Waals surface area contributed by atoms with Gasteiger partial charge in [0.1, 0.15) is 12.0 Å². The van der Waals surface area contributed by atoms with Crippen LogP contribution in [0.15, 0.2) is 12.3 Å². The molecule has 0 amide bonds. The molecule has 1 aliphatic heterocycles. The molecule has 0 radical (unpaired) electrons. The van der Waals surface area contributed by atoms with Crippen LogP contribution < -0.4 is 4.90 Å². The molecule has 0 N–H and O–H groups in total. The molecule has 6 heteroatoms. The summed E-state index contributed by atoms with van der Waals surface area (Å²) in [4.78, 5) is 21.5. The summed E-state index contributed by atoms with van der Waals surface area (Å²) in [5.74, 6) is 0.177. The van der Waals surface area contributed by atoms with Crippen molar-refractivity contribution >= 4 is 11.8 Å². The number of aromatic nitrogens is 2. The van der Waals surface area contributed by atoms with Gasteiger partial charge in [-0.05, 0) is 25.8 Å². The Balaban J connectivity index is 2.09. The third-order valence-electron chi connectivity index (χ3n) is 2.85. The molecule has 1 aromatic rings. The predicted molar refractivity (Wildman–Crippen MR) is 64.3 cm³/mol. The molecule has 1 saturated heterocycles. The van der Waals surface area contributed by atoms with Crippen LogP contribution in [0.5, 0.6) is 0 Å². The van der Waals surface area contributed by atoms with E-state index in [4.69, 9.17) is 4.74 Å². The average molecular weight is 253 g/mol. The van der Waals surface area contributed by atoms with Crippen LogP contribution in [0, 0.1) is 0 Å². The number of hydrogen-bond acceptors (Lipinski definition) is 5. The van der Waals surface area contributed by atoms with Gasteiger partial charge in [-0.1, -0.05) is 0 Å². The summed E-state index contributed by atoms with van der Waals surface area (Å²) in [6.07, 6.45) is 1.79. The van der Waals surface area contributed by atoms with E-state index in [0.717, 1.165) is 0 Å². The highest BCUT2D eigenvalue weighted by Gasteiger charge is 2.20. The lowest BCUT2D eigenvalue weighted by Gasteiger charge is -2.29. The fraction of sp³-hybridized carbons (Fsp3) is 0.583. The maximum atomic E-state index is 13.0. The molecule has 0 aliphatic carbocycles. The van der Waals surface area contributed by atoms with Crippen molar-refractivity contribution < 1.29 is 13.9 Å². The molecule has 0 bridgehead atoms. The molecule has 0 unspecified atom stereocenters. The molecule has 1 aromatic heterocycles. The van der Waals surface area contributed by atoms with E-state index in [-0.39, 0.29) is 5.82 Å². The number of carbonyl (C=O) groups excluding carboxylic acids is 1. The fourth-order valence-electron chi connectivity index (χ4n) is 1.90. The van der Waals surface area contributed by atoms with Gasteiger partial charge in [0.05, 0.1) is 6.61 Å². The van der Waals surface area contributed by atoms with Gasteiger partial charge >= 0.3 is 5.97 Å². The fourth-order valence-corrected chi connectivity index (χ4v) is 1.90. The molecule has 0 atom stereocenters. The van der Waals surface area contributed by atoms with Gasteiger partial charge in [-0.25, -0.2) is 19.2 Å². The van der Waals surface area contributed by atoms with Crippen LogP contribution in [0.25, 0.3) is 0 Å². The molecule has 1 aliphatic rings. The van der Waals surface area contributed by atoms with E-state index < -0.39 is 12.1 Å². The molecule has 18 heavy (non-hydrogen) atoms. The Morgan fingerprint density at radius 3 is 2.94 bits per heavy atom. The molecular formula is C12H16FN3O2. The normalized spacial score (nSPS) is 16.7. The van der Waals surface area contributed by atoms with Gasteiger partial charge in [0.15, 0.2) is 0 Å². The van der Waals surface area contributed by atoms with Gasteiger partial charge in [0, 0.05) is 19.3 Å². The molecule has 1 fully saturated rings. The number of halogens is 1. The topological polar surface area (TPSA) is 55.3 Å². The molecule has 0 aromatic carbocycles. The highest BCUT2D eigenvalue weighted by atomic mass is 19.1. The standard InChI is InChI=1S/C12H16FN3O2/c1-2-18-12(17)11-14-6-3-10(15-11)16-7-4-9(13)5-8-16/h3,6,9H,2,4-5,7-8H2,1H3. The van der Waals surface area contributed by atoms with Crippen LogP contribution in [-0.2, 0) is 4.74 Å². The van der Waals surface area contributed by atoms with E-state index in [1.165, 1.54) is 6.20 Å². The first-order chi connectivity index (χ1) is 8.70. The van der Waals surface area contributed by atoms with Crippen LogP contribution in [0.2, 0.25) is 0 Å². The van der Waals surface area contributed by atoms with Crippen LogP contribution >= 0.6 is 0 Å². The first kappa shape index (κ1) is 12.7. The minimum absolute atomic E-state index is 0.0525. The minimum atomic E-state index is -0.729. The van der Waals surface area contributed by atoms with Gasteiger partial charge in [0.25, 0.3) is 0 Å². The van der Waals surface area contributed by atoms with E-state index in [1.807, 2.05) is 4.90 Å². The van der Waals surface area contributed by atoms with Crippen molar-refractivity contribution in [1.29, 1.82) is 0 Å². The maximum absolute atomic E-state index is 13.0. The van der Waals surface area contributed by atoms with Gasteiger partial charge < -0.3 is 9.64 Å². The molecule has 0 spiro atoms. The smallest absolute Gasteiger partial charge is 0.376 e. The Bertz CT molecular complexity index is 420. The zero-order valence-electron chi connectivity index (χ0n) is 10.3. The van der Waals surface area contributed by atoms with E-state index in [0.29, 0.717) is 38.4 Å². The lowest BCUT2D eigenvalue weighted by atomic mass is 10.1. The summed E-state index contributed by atoms with van der Waals surface area (Å²) in [6, 6.07) is 1.72. The summed E-state index contributed by atoms with van der Waals surface area (Å²) in [7, 11) is 0. The van der Waals surface area contributed by atoms with Gasteiger partial charge in [-0.15, -0.1) is 0 Å². The van der Waals surface area contributed by atoms with Crippen molar-refractivity contribution in [3.8, 4) is 0 Å². The summed E-state index contributed by atoms with van der Waals surface area (Å²) >= 11 is 0. The molecule has 2 heterocycles. The SMILES string of the molecule is CCOC(=O)c1nccc(N2CCC(F)CC2)n1. The molecule has 0 saturated carbocycles. The van der Waals surface area contributed by atoms with Gasteiger partial charge in [-0.3, -0.25) is 0 Å². The van der Waals surface area contributed by atoms with Crippen LogP contribution in [-0.4, -0.2) is 41.8 Å². The van der Waals surface area contributed by atoms with Crippen molar-refractivity contribution in [3.63, 3.8) is 0 Å². The van der Waals surface area contributed by atoms with Crippen LogP contribution in [0.3, 0.4) is 0 Å². The van der Waals surface area contributed by atoms with E-state index in [1.54, 1.807) is 13.0 Å². The Hall–Kier alpha value is -1.72. The number of piperidine rings is 1. The van der Waals surface area contributed by atoms with Gasteiger partial charge in [0.2, 0.25) is 5.82 Å². The van der Waals surface area contributed by atoms with Crippen molar-refractivity contribution in [2.45, 2.75) is 25.9 Å². The quantitative estimate of drug-likeness (QED) is 0.766. The largest absolute Gasteiger partial charge is 0.460 e. The number of anilines is 1. The molecule has 2 rings (SSSR count). The number of nitrogens with zero attached hydrogens (tertiary/aromatic N) is 3. The third kappa shape index (κ3) is 2.94. The average Bonchev–Trinajstić information content (AvgIpc) is 2.40. The first-order valence-corrected chi connectivity index (χ1v) is 6.10. The van der Waals surface area contributed by atoms with Crippen LogP contribution in [0.1, 0.15) is 30.4 Å². The number of alkyl halides is 1. The Morgan fingerprint density at radius 2 is 2.28 bits per heavy atom. The Morgan fingerprint density at radius 1 is 1.56 bits per heavy atom. The molecule has 5 nitrogen and oxygen atoms in total. The minimum Gasteiger partial charge on any atom is -0.460 e. The summed E-state index contributed by atoms with van der Waals surface area (Å²) in [6.45, 7) is 3.24. The third-order valence-corrected chi connectivity index (χ3v) is 2.85. The monoisotopic (exact) mass is 253 g/mol. The summed E-state index contributed by atoms with van der Waals surface area (Å²) in [5, 5.41) is 0. The second-order valence-electron chi connectivity index (χ2n) is 4.12. The van der Waals surface area contributed by atoms with Crippen molar-refractivity contribution in [2.75, 3.05) is 24.6 Å². The number of hydrogen-bond donors (Lipinski definition) is 0.